The van der Waals surface area contributed by atoms with Crippen LogP contribution in [0.1, 0.15) is 20.8 Å². The van der Waals surface area contributed by atoms with E-state index in [0.29, 0.717) is 0 Å². The van der Waals surface area contributed by atoms with Crippen LogP contribution < -0.4 is 4.74 Å². The molecule has 0 aliphatic carbocycles. The maximum absolute atomic E-state index is 11.6. The van der Waals surface area contributed by atoms with Crippen molar-refractivity contribution in [3.8, 4) is 5.75 Å². The van der Waals surface area contributed by atoms with Crippen LogP contribution in [0.25, 0.3) is 0 Å². The highest BCUT2D eigenvalue weighted by molar-refractivity contribution is 7.90. The third-order valence-electron chi connectivity index (χ3n) is 2.56. The van der Waals surface area contributed by atoms with Gasteiger partial charge in [0, 0.05) is 6.26 Å². The molecule has 0 saturated heterocycles. The summed E-state index contributed by atoms with van der Waals surface area (Å²) in [6.07, 6.45) is -0.0240. The smallest absolute Gasteiger partial charge is 0.463 e. The minimum absolute atomic E-state index is 0.0945. The lowest BCUT2D eigenvalue weighted by atomic mass is 10.1. The monoisotopic (exact) mass is 330 g/mol. The summed E-state index contributed by atoms with van der Waals surface area (Å²) < 4.78 is 37.2. The quantitative estimate of drug-likeness (QED) is 0.601. The van der Waals surface area contributed by atoms with Gasteiger partial charge < -0.3 is 14.2 Å². The van der Waals surface area contributed by atoms with Gasteiger partial charge in [0.2, 0.25) is 5.60 Å². The lowest BCUT2D eigenvalue weighted by Gasteiger charge is -2.21. The maximum atomic E-state index is 11.6. The van der Waals surface area contributed by atoms with Gasteiger partial charge in [0.1, 0.15) is 5.75 Å². The molecule has 0 aliphatic rings. The number of carbonyl (C=O) groups excluding carboxylic acids is 2. The van der Waals surface area contributed by atoms with Crippen LogP contribution in [-0.4, -0.2) is 39.0 Å². The number of hydrogen-bond donors (Lipinski definition) is 0. The van der Waals surface area contributed by atoms with Crippen LogP contribution in [0, 0.1) is 0 Å². The zero-order chi connectivity index (χ0) is 17.0. The van der Waals surface area contributed by atoms with E-state index in [2.05, 4.69) is 0 Å². The molecule has 0 aliphatic heterocycles. The highest BCUT2D eigenvalue weighted by Crippen LogP contribution is 2.18. The van der Waals surface area contributed by atoms with Gasteiger partial charge in [0.25, 0.3) is 0 Å². The van der Waals surface area contributed by atoms with Crippen LogP contribution in [0.5, 0.6) is 5.75 Å². The van der Waals surface area contributed by atoms with E-state index in [0.717, 1.165) is 6.26 Å². The number of hydrogen-bond acceptors (Lipinski definition) is 7. The number of benzene rings is 1. The Hall–Kier alpha value is -2.09. The average Bonchev–Trinajstić information content (AvgIpc) is 2.37. The number of esters is 1. The van der Waals surface area contributed by atoms with E-state index in [-0.39, 0.29) is 17.3 Å². The molecular formula is C14H18O7S. The predicted molar refractivity (Wildman–Crippen MR) is 77.4 cm³/mol. The van der Waals surface area contributed by atoms with Gasteiger partial charge in [0.15, 0.2) is 9.84 Å². The Morgan fingerprint density at radius 2 is 1.68 bits per heavy atom. The van der Waals surface area contributed by atoms with Crippen molar-refractivity contribution in [1.29, 1.82) is 0 Å². The van der Waals surface area contributed by atoms with Crippen LogP contribution in [0.3, 0.4) is 0 Å². The third kappa shape index (κ3) is 5.03. The van der Waals surface area contributed by atoms with Gasteiger partial charge in [-0.15, -0.1) is 0 Å². The lowest BCUT2D eigenvalue weighted by molar-refractivity contribution is -0.162. The second-order valence-electron chi connectivity index (χ2n) is 4.93. The molecule has 0 saturated carbocycles. The molecule has 0 spiro atoms. The van der Waals surface area contributed by atoms with Crippen LogP contribution in [-0.2, 0) is 24.1 Å². The van der Waals surface area contributed by atoms with Gasteiger partial charge in [-0.05, 0) is 45.0 Å². The first-order chi connectivity index (χ1) is 10.1. The van der Waals surface area contributed by atoms with Gasteiger partial charge >= 0.3 is 12.1 Å². The van der Waals surface area contributed by atoms with Gasteiger partial charge in [-0.3, -0.25) is 0 Å². The van der Waals surface area contributed by atoms with Crippen molar-refractivity contribution < 1.29 is 32.2 Å². The van der Waals surface area contributed by atoms with Crippen molar-refractivity contribution >= 4 is 22.0 Å². The van der Waals surface area contributed by atoms with E-state index >= 15 is 0 Å². The summed E-state index contributed by atoms with van der Waals surface area (Å²) in [7, 11) is -3.33. The molecule has 0 atom stereocenters. The summed E-state index contributed by atoms with van der Waals surface area (Å²) >= 11 is 0. The largest absolute Gasteiger partial charge is 0.514 e. The number of ether oxygens (including phenoxy) is 3. The van der Waals surface area contributed by atoms with Gasteiger partial charge in [0.05, 0.1) is 11.5 Å². The van der Waals surface area contributed by atoms with Crippen LogP contribution >= 0.6 is 0 Å². The molecule has 1 aromatic rings. The normalized spacial score (nSPS) is 11.6. The molecular weight excluding hydrogens is 312 g/mol. The Labute approximate surface area is 129 Å². The first-order valence-electron chi connectivity index (χ1n) is 6.44. The molecule has 22 heavy (non-hydrogen) atoms. The van der Waals surface area contributed by atoms with Crippen molar-refractivity contribution in [2.45, 2.75) is 31.3 Å². The molecule has 0 bridgehead atoms. The first-order valence-corrected chi connectivity index (χ1v) is 8.33. The molecule has 0 unspecified atom stereocenters. The average molecular weight is 330 g/mol. The van der Waals surface area contributed by atoms with Crippen LogP contribution in [0.15, 0.2) is 29.2 Å². The minimum atomic E-state index is -3.33. The summed E-state index contributed by atoms with van der Waals surface area (Å²) in [5.41, 5.74) is -1.49. The van der Waals surface area contributed by atoms with Crippen molar-refractivity contribution in [3.05, 3.63) is 24.3 Å². The maximum Gasteiger partial charge on any atom is 0.514 e. The van der Waals surface area contributed by atoms with E-state index in [1.54, 1.807) is 6.92 Å². The summed E-state index contributed by atoms with van der Waals surface area (Å²) in [6.45, 7) is 4.54. The van der Waals surface area contributed by atoms with E-state index in [9.17, 15) is 18.0 Å². The summed E-state index contributed by atoms with van der Waals surface area (Å²) in [4.78, 5) is 23.3. The Balaban J connectivity index is 2.71. The Kier molecular flexibility index (Phi) is 5.54. The highest BCUT2D eigenvalue weighted by atomic mass is 32.2. The van der Waals surface area contributed by atoms with Crippen molar-refractivity contribution in [3.63, 3.8) is 0 Å². The fraction of sp³-hybridized carbons (Fsp3) is 0.429. The molecule has 0 radical (unpaired) electrons. The molecule has 122 valence electrons. The lowest BCUT2D eigenvalue weighted by Crippen LogP contribution is -2.39. The molecule has 8 heteroatoms. The minimum Gasteiger partial charge on any atom is -0.463 e. The second-order valence-corrected chi connectivity index (χ2v) is 6.94. The molecule has 0 amide bonds. The van der Waals surface area contributed by atoms with E-state index in [1.807, 2.05) is 0 Å². The Bertz CT molecular complexity index is 644. The standard InChI is InChI=1S/C14H18O7S/c1-5-19-12(15)14(2,3)21-13(16)20-10-6-8-11(9-7-10)22(4,17)18/h6-9H,5H2,1-4H3. The van der Waals surface area contributed by atoms with Gasteiger partial charge in [-0.1, -0.05) is 0 Å². The predicted octanol–water partition coefficient (Wildman–Crippen LogP) is 1.95. The van der Waals surface area contributed by atoms with Gasteiger partial charge in [-0.25, -0.2) is 18.0 Å². The van der Waals surface area contributed by atoms with Gasteiger partial charge in [-0.2, -0.15) is 0 Å². The van der Waals surface area contributed by atoms with E-state index in [1.165, 1.54) is 38.1 Å². The summed E-state index contributed by atoms with van der Waals surface area (Å²) in [5.74, 6) is -0.601. The molecule has 0 heterocycles. The molecule has 1 rings (SSSR count). The topological polar surface area (TPSA) is 96.0 Å². The molecule has 1 aromatic carbocycles. The third-order valence-corrected chi connectivity index (χ3v) is 3.69. The molecule has 0 fully saturated rings. The zero-order valence-corrected chi connectivity index (χ0v) is 13.6. The highest BCUT2D eigenvalue weighted by Gasteiger charge is 2.34. The first kappa shape index (κ1) is 18.0. The Morgan fingerprint density at radius 1 is 1.14 bits per heavy atom. The van der Waals surface area contributed by atoms with Crippen molar-refractivity contribution in [1.82, 2.24) is 0 Å². The zero-order valence-electron chi connectivity index (χ0n) is 12.8. The van der Waals surface area contributed by atoms with Crippen molar-refractivity contribution in [2.75, 3.05) is 12.9 Å². The van der Waals surface area contributed by atoms with Crippen LogP contribution in [0.2, 0.25) is 0 Å². The second kappa shape index (κ2) is 6.78. The fourth-order valence-electron chi connectivity index (χ4n) is 1.43. The number of carbonyl (C=O) groups is 2. The number of sulfone groups is 1. The summed E-state index contributed by atoms with van der Waals surface area (Å²) in [5, 5.41) is 0. The summed E-state index contributed by atoms with van der Waals surface area (Å²) in [6, 6.07) is 5.23. The molecule has 0 N–H and O–H groups in total. The van der Waals surface area contributed by atoms with Crippen molar-refractivity contribution in [2.24, 2.45) is 0 Å². The number of rotatable bonds is 5. The fourth-order valence-corrected chi connectivity index (χ4v) is 2.06. The Morgan fingerprint density at radius 3 is 2.14 bits per heavy atom. The molecule has 7 nitrogen and oxygen atoms in total. The van der Waals surface area contributed by atoms with Crippen LogP contribution in [0.4, 0.5) is 4.79 Å². The van der Waals surface area contributed by atoms with E-state index < -0.39 is 27.6 Å². The van der Waals surface area contributed by atoms with E-state index in [4.69, 9.17) is 14.2 Å². The molecule has 0 aromatic heterocycles. The SMILES string of the molecule is CCOC(=O)C(C)(C)OC(=O)Oc1ccc(S(C)(=O)=O)cc1.